The molecule has 3 rings (SSSR count). The number of benzene rings is 2. The molecule has 2 aromatic rings. The van der Waals surface area contributed by atoms with Crippen LogP contribution in [0.4, 0.5) is 0 Å². The Hall–Kier alpha value is -1.65. The first kappa shape index (κ1) is 15.3. The molecule has 1 aliphatic carbocycles. The molecule has 0 radical (unpaired) electrons. The molecule has 22 heavy (non-hydrogen) atoms. The Morgan fingerprint density at radius 1 is 1.09 bits per heavy atom. The lowest BCUT2D eigenvalue weighted by Gasteiger charge is -2.25. The number of hydrogen-bond acceptors (Lipinski definition) is 3. The van der Waals surface area contributed by atoms with Crippen LogP contribution in [0, 0.1) is 6.92 Å². The van der Waals surface area contributed by atoms with Crippen molar-refractivity contribution in [3.63, 3.8) is 0 Å². The van der Waals surface area contributed by atoms with Crippen LogP contribution in [0.25, 0.3) is 0 Å². The number of fused-ring (bicyclic) bond motifs is 1. The molecule has 0 aliphatic heterocycles. The van der Waals surface area contributed by atoms with Crippen molar-refractivity contribution in [1.82, 2.24) is 0 Å². The van der Waals surface area contributed by atoms with Crippen molar-refractivity contribution in [3.05, 3.63) is 65.2 Å². The Kier molecular flexibility index (Phi) is 4.32. The quantitative estimate of drug-likeness (QED) is 0.805. The van der Waals surface area contributed by atoms with Gasteiger partial charge in [-0.15, -0.1) is 0 Å². The van der Waals surface area contributed by atoms with E-state index in [-0.39, 0.29) is 17.4 Å². The summed E-state index contributed by atoms with van der Waals surface area (Å²) in [6, 6.07) is 15.0. The summed E-state index contributed by atoms with van der Waals surface area (Å²) < 4.78 is 29.9. The zero-order valence-electron chi connectivity index (χ0n) is 12.7. The van der Waals surface area contributed by atoms with Crippen molar-refractivity contribution < 1.29 is 12.6 Å². The topological polar surface area (TPSA) is 43.4 Å². The van der Waals surface area contributed by atoms with Crippen molar-refractivity contribution in [3.8, 4) is 0 Å². The van der Waals surface area contributed by atoms with Gasteiger partial charge in [-0.2, -0.15) is 8.42 Å². The molecule has 116 valence electrons. The smallest absolute Gasteiger partial charge is 0.266 e. The molecule has 0 bridgehead atoms. The summed E-state index contributed by atoms with van der Waals surface area (Å²) >= 11 is 0. The van der Waals surface area contributed by atoms with Gasteiger partial charge in [0.25, 0.3) is 10.1 Å². The van der Waals surface area contributed by atoms with Crippen LogP contribution in [0.5, 0.6) is 0 Å². The highest BCUT2D eigenvalue weighted by Gasteiger charge is 2.23. The van der Waals surface area contributed by atoms with E-state index >= 15 is 0 Å². The van der Waals surface area contributed by atoms with Gasteiger partial charge in [0, 0.05) is 5.92 Å². The second-order valence-electron chi connectivity index (χ2n) is 5.84. The fourth-order valence-electron chi connectivity index (χ4n) is 2.97. The molecule has 3 nitrogen and oxygen atoms in total. The third-order valence-electron chi connectivity index (χ3n) is 4.23. The van der Waals surface area contributed by atoms with Gasteiger partial charge in [-0.1, -0.05) is 42.0 Å². The minimum absolute atomic E-state index is 0.158. The molecule has 0 fully saturated rings. The molecule has 1 atom stereocenters. The lowest BCUT2D eigenvalue weighted by atomic mass is 9.83. The van der Waals surface area contributed by atoms with E-state index < -0.39 is 10.1 Å². The lowest BCUT2D eigenvalue weighted by Crippen LogP contribution is -2.18. The molecule has 0 saturated heterocycles. The Balaban J connectivity index is 1.74. The minimum atomic E-state index is -3.68. The second kappa shape index (κ2) is 6.23. The van der Waals surface area contributed by atoms with E-state index in [9.17, 15) is 8.42 Å². The lowest BCUT2D eigenvalue weighted by molar-refractivity contribution is 0.278. The molecular formula is C18H20O3S. The van der Waals surface area contributed by atoms with Crippen LogP contribution < -0.4 is 0 Å². The van der Waals surface area contributed by atoms with Crippen molar-refractivity contribution >= 4 is 10.1 Å². The average molecular weight is 316 g/mol. The van der Waals surface area contributed by atoms with E-state index in [2.05, 4.69) is 12.1 Å². The number of rotatable bonds is 4. The maximum Gasteiger partial charge on any atom is 0.296 e. The summed E-state index contributed by atoms with van der Waals surface area (Å²) in [5.41, 5.74) is 3.57. The van der Waals surface area contributed by atoms with Crippen LogP contribution in [0.1, 0.15) is 35.4 Å². The van der Waals surface area contributed by atoms with E-state index in [4.69, 9.17) is 4.18 Å². The van der Waals surface area contributed by atoms with Crippen LogP contribution in [-0.4, -0.2) is 15.0 Å². The first-order valence-corrected chi connectivity index (χ1v) is 9.01. The summed E-state index contributed by atoms with van der Waals surface area (Å²) in [7, 11) is -3.68. The molecule has 0 saturated carbocycles. The fraction of sp³-hybridized carbons (Fsp3) is 0.333. The first-order valence-electron chi connectivity index (χ1n) is 7.60. The van der Waals surface area contributed by atoms with Gasteiger partial charge in [-0.25, -0.2) is 0 Å². The number of aryl methyl sites for hydroxylation is 2. The van der Waals surface area contributed by atoms with Gasteiger partial charge >= 0.3 is 0 Å². The van der Waals surface area contributed by atoms with Gasteiger partial charge in [-0.3, -0.25) is 4.18 Å². The molecule has 0 N–H and O–H groups in total. The zero-order chi connectivity index (χ0) is 15.6. The molecule has 0 spiro atoms. The molecule has 0 heterocycles. The first-order chi connectivity index (χ1) is 10.6. The molecule has 0 aromatic heterocycles. The second-order valence-corrected chi connectivity index (χ2v) is 7.46. The summed E-state index contributed by atoms with van der Waals surface area (Å²) in [5.74, 6) is 0.158. The van der Waals surface area contributed by atoms with Crippen LogP contribution in [-0.2, 0) is 20.7 Å². The van der Waals surface area contributed by atoms with E-state index in [1.165, 1.54) is 11.1 Å². The summed E-state index contributed by atoms with van der Waals surface area (Å²) in [5, 5.41) is 0. The summed E-state index contributed by atoms with van der Waals surface area (Å²) in [6.45, 7) is 2.14. The van der Waals surface area contributed by atoms with E-state index in [0.29, 0.717) is 0 Å². The van der Waals surface area contributed by atoms with Gasteiger partial charge in [0.1, 0.15) is 0 Å². The minimum Gasteiger partial charge on any atom is -0.266 e. The number of hydrogen-bond donors (Lipinski definition) is 0. The Morgan fingerprint density at radius 3 is 2.59 bits per heavy atom. The Bertz CT molecular complexity index is 748. The van der Waals surface area contributed by atoms with E-state index in [1.807, 2.05) is 19.1 Å². The average Bonchev–Trinajstić information content (AvgIpc) is 2.53. The largest absolute Gasteiger partial charge is 0.296 e. The molecule has 1 aliphatic rings. The van der Waals surface area contributed by atoms with Gasteiger partial charge < -0.3 is 0 Å². The zero-order valence-corrected chi connectivity index (χ0v) is 13.5. The van der Waals surface area contributed by atoms with Crippen LogP contribution in [0.2, 0.25) is 0 Å². The van der Waals surface area contributed by atoms with E-state index in [1.54, 1.807) is 24.3 Å². The van der Waals surface area contributed by atoms with Gasteiger partial charge in [0.2, 0.25) is 0 Å². The normalized spacial score (nSPS) is 18.0. The standard InChI is InChI=1S/C18H20O3S/c1-14-9-11-17(12-10-14)22(19,20)21-13-16-7-4-6-15-5-2-3-8-18(15)16/h2-3,5,8-12,16H,4,6-7,13H2,1H3. The molecular weight excluding hydrogens is 296 g/mol. The van der Waals surface area contributed by atoms with Crippen molar-refractivity contribution in [1.29, 1.82) is 0 Å². The fourth-order valence-corrected chi connectivity index (χ4v) is 3.92. The van der Waals surface area contributed by atoms with Crippen molar-refractivity contribution in [2.24, 2.45) is 0 Å². The summed E-state index contributed by atoms with van der Waals surface area (Å²) in [4.78, 5) is 0.224. The maximum absolute atomic E-state index is 12.3. The molecule has 4 heteroatoms. The SMILES string of the molecule is Cc1ccc(S(=O)(=O)OCC2CCCc3ccccc32)cc1. The predicted octanol–water partition coefficient (Wildman–Crippen LogP) is 3.82. The van der Waals surface area contributed by atoms with Crippen LogP contribution >= 0.6 is 0 Å². The van der Waals surface area contributed by atoms with Gasteiger partial charge in [-0.05, 0) is 49.4 Å². The summed E-state index contributed by atoms with van der Waals surface area (Å²) in [6.07, 6.45) is 3.12. The Labute approximate surface area is 132 Å². The predicted molar refractivity (Wildman–Crippen MR) is 86.4 cm³/mol. The van der Waals surface area contributed by atoms with Gasteiger partial charge in [0.05, 0.1) is 11.5 Å². The van der Waals surface area contributed by atoms with Gasteiger partial charge in [0.15, 0.2) is 0 Å². The third kappa shape index (κ3) is 3.23. The third-order valence-corrected chi connectivity index (χ3v) is 5.52. The monoisotopic (exact) mass is 316 g/mol. The molecule has 1 unspecified atom stereocenters. The van der Waals surface area contributed by atoms with Crippen LogP contribution in [0.3, 0.4) is 0 Å². The van der Waals surface area contributed by atoms with Crippen molar-refractivity contribution in [2.45, 2.75) is 37.0 Å². The highest BCUT2D eigenvalue weighted by molar-refractivity contribution is 7.86. The van der Waals surface area contributed by atoms with Crippen molar-refractivity contribution in [2.75, 3.05) is 6.61 Å². The molecule has 0 amide bonds. The van der Waals surface area contributed by atoms with Crippen LogP contribution in [0.15, 0.2) is 53.4 Å². The maximum atomic E-state index is 12.3. The Morgan fingerprint density at radius 2 is 1.82 bits per heavy atom. The highest BCUT2D eigenvalue weighted by atomic mass is 32.2. The molecule has 2 aromatic carbocycles. The van der Waals surface area contributed by atoms with E-state index in [0.717, 1.165) is 24.8 Å². The highest BCUT2D eigenvalue weighted by Crippen LogP contribution is 2.32.